The molecule has 0 aliphatic rings. The van der Waals surface area contributed by atoms with Crippen molar-refractivity contribution in [2.75, 3.05) is 13.2 Å². The topological polar surface area (TPSA) is 58.6 Å². The van der Waals surface area contributed by atoms with E-state index in [1.165, 1.54) is 0 Å². The maximum atomic E-state index is 11.9. The van der Waals surface area contributed by atoms with Gasteiger partial charge < -0.3 is 15.2 Å². The summed E-state index contributed by atoms with van der Waals surface area (Å²) in [5.74, 6) is -0.559. The Labute approximate surface area is 108 Å². The molecule has 4 nitrogen and oxygen atoms in total. The molecule has 1 aromatic rings. The number of hydrogen-bond donors (Lipinski definition) is 2. The van der Waals surface area contributed by atoms with Crippen molar-refractivity contribution in [3.63, 3.8) is 0 Å². The third-order valence-electron chi connectivity index (χ3n) is 2.30. The van der Waals surface area contributed by atoms with Crippen molar-refractivity contribution in [2.24, 2.45) is 0 Å². The van der Waals surface area contributed by atoms with Crippen LogP contribution in [0.5, 0.6) is 5.75 Å². The van der Waals surface area contributed by atoms with Gasteiger partial charge in [0.15, 0.2) is 6.61 Å². The molecule has 1 amide bonds. The van der Waals surface area contributed by atoms with E-state index < -0.39 is 25.2 Å². The van der Waals surface area contributed by atoms with Crippen LogP contribution in [-0.4, -0.2) is 30.3 Å². The molecule has 0 aliphatic carbocycles. The van der Waals surface area contributed by atoms with E-state index in [0.717, 1.165) is 0 Å². The first-order valence-electron chi connectivity index (χ1n) is 5.49. The molecular formula is C12H14F3NO3. The minimum absolute atomic E-state index is 0.277. The lowest BCUT2D eigenvalue weighted by Gasteiger charge is -2.13. The number of benzene rings is 1. The van der Waals surface area contributed by atoms with Crippen molar-refractivity contribution in [3.05, 3.63) is 29.3 Å². The minimum Gasteiger partial charge on any atom is -0.483 e. The summed E-state index contributed by atoms with van der Waals surface area (Å²) in [5.41, 5.74) is 1.17. The predicted molar refractivity (Wildman–Crippen MR) is 61.7 cm³/mol. The van der Waals surface area contributed by atoms with E-state index in [4.69, 9.17) is 9.84 Å². The summed E-state index contributed by atoms with van der Waals surface area (Å²) >= 11 is 0. The van der Waals surface area contributed by atoms with Crippen LogP contribution in [0.25, 0.3) is 0 Å². The molecule has 0 bridgehead atoms. The van der Waals surface area contributed by atoms with Crippen molar-refractivity contribution in [1.29, 1.82) is 0 Å². The number of nitrogens with one attached hydrogen (secondary N) is 1. The summed E-state index contributed by atoms with van der Waals surface area (Å²) < 4.78 is 40.8. The average Bonchev–Trinajstić information content (AvgIpc) is 2.33. The van der Waals surface area contributed by atoms with Gasteiger partial charge in [-0.25, -0.2) is 0 Å². The van der Waals surface area contributed by atoms with Crippen LogP contribution < -0.4 is 10.1 Å². The number of halogens is 3. The van der Waals surface area contributed by atoms with E-state index in [1.807, 2.05) is 0 Å². The fourth-order valence-electron chi connectivity index (χ4n) is 1.43. The fraction of sp³-hybridized carbons (Fsp3) is 0.417. The third-order valence-corrected chi connectivity index (χ3v) is 2.30. The second-order valence-corrected chi connectivity index (χ2v) is 3.90. The zero-order chi connectivity index (χ0) is 14.5. The van der Waals surface area contributed by atoms with Crippen LogP contribution in [0.4, 0.5) is 13.2 Å². The SMILES string of the molecule is Cc1cccc(CO)c1OCC(=O)NCC(F)(F)F. The standard InChI is InChI=1S/C12H14F3NO3/c1-8-3-2-4-9(5-17)11(8)19-6-10(18)16-7-12(13,14)15/h2-4,17H,5-7H2,1H3,(H,16,18). The number of rotatable bonds is 5. The number of amides is 1. The number of carbonyl (C=O) groups excluding carboxylic acids is 1. The number of aliphatic hydroxyl groups is 1. The molecule has 1 rings (SSSR count). The number of para-hydroxylation sites is 1. The van der Waals surface area contributed by atoms with E-state index in [9.17, 15) is 18.0 Å². The van der Waals surface area contributed by atoms with E-state index >= 15 is 0 Å². The summed E-state index contributed by atoms with van der Waals surface area (Å²) in [6.07, 6.45) is -4.45. The second kappa shape index (κ2) is 6.42. The molecule has 19 heavy (non-hydrogen) atoms. The maximum absolute atomic E-state index is 11.9. The average molecular weight is 277 g/mol. The summed E-state index contributed by atoms with van der Waals surface area (Å²) in [4.78, 5) is 11.2. The molecule has 0 unspecified atom stereocenters. The first-order chi connectivity index (χ1) is 8.83. The normalized spacial score (nSPS) is 11.2. The summed E-state index contributed by atoms with van der Waals surface area (Å²) in [5, 5.41) is 10.8. The van der Waals surface area contributed by atoms with Crippen molar-refractivity contribution in [1.82, 2.24) is 5.32 Å². The largest absolute Gasteiger partial charge is 0.483 e. The van der Waals surface area contributed by atoms with Gasteiger partial charge in [0.2, 0.25) is 0 Å². The zero-order valence-corrected chi connectivity index (χ0v) is 10.3. The fourth-order valence-corrected chi connectivity index (χ4v) is 1.43. The minimum atomic E-state index is -4.45. The first kappa shape index (κ1) is 15.3. The molecule has 0 aromatic heterocycles. The van der Waals surface area contributed by atoms with Gasteiger partial charge in [0, 0.05) is 5.56 Å². The highest BCUT2D eigenvalue weighted by molar-refractivity contribution is 5.77. The Bertz CT molecular complexity index is 446. The van der Waals surface area contributed by atoms with Gasteiger partial charge in [-0.15, -0.1) is 0 Å². The molecule has 2 N–H and O–H groups in total. The summed E-state index contributed by atoms with van der Waals surface area (Å²) in [6.45, 7) is -0.493. The molecule has 0 saturated heterocycles. The third kappa shape index (κ3) is 5.17. The molecule has 106 valence electrons. The van der Waals surface area contributed by atoms with Crippen LogP contribution in [0, 0.1) is 6.92 Å². The maximum Gasteiger partial charge on any atom is 0.405 e. The molecule has 1 aromatic carbocycles. The highest BCUT2D eigenvalue weighted by Gasteiger charge is 2.27. The summed E-state index contributed by atoms with van der Waals surface area (Å²) in [7, 11) is 0. The van der Waals surface area contributed by atoms with E-state index in [-0.39, 0.29) is 6.61 Å². The zero-order valence-electron chi connectivity index (χ0n) is 10.3. The number of aryl methyl sites for hydroxylation is 1. The van der Waals surface area contributed by atoms with Crippen LogP contribution in [-0.2, 0) is 11.4 Å². The number of hydrogen-bond acceptors (Lipinski definition) is 3. The van der Waals surface area contributed by atoms with Gasteiger partial charge in [0.25, 0.3) is 5.91 Å². The lowest BCUT2D eigenvalue weighted by atomic mass is 10.1. The number of ether oxygens (including phenoxy) is 1. The van der Waals surface area contributed by atoms with E-state index in [2.05, 4.69) is 0 Å². The molecular weight excluding hydrogens is 263 g/mol. The van der Waals surface area contributed by atoms with Gasteiger partial charge in [-0.3, -0.25) is 4.79 Å². The Hall–Kier alpha value is -1.76. The van der Waals surface area contributed by atoms with Crippen molar-refractivity contribution in [2.45, 2.75) is 19.7 Å². The van der Waals surface area contributed by atoms with Crippen molar-refractivity contribution in [3.8, 4) is 5.75 Å². The monoisotopic (exact) mass is 277 g/mol. The Kier molecular flexibility index (Phi) is 5.17. The van der Waals surface area contributed by atoms with Crippen LogP contribution in [0.15, 0.2) is 18.2 Å². The van der Waals surface area contributed by atoms with Crippen LogP contribution in [0.1, 0.15) is 11.1 Å². The Morgan fingerprint density at radius 3 is 2.68 bits per heavy atom. The van der Waals surface area contributed by atoms with Crippen LogP contribution in [0.3, 0.4) is 0 Å². The predicted octanol–water partition coefficient (Wildman–Crippen LogP) is 1.54. The Morgan fingerprint density at radius 2 is 2.11 bits per heavy atom. The molecule has 0 atom stereocenters. The van der Waals surface area contributed by atoms with Gasteiger partial charge in [-0.1, -0.05) is 18.2 Å². The number of carbonyl (C=O) groups is 1. The molecule has 0 radical (unpaired) electrons. The smallest absolute Gasteiger partial charge is 0.405 e. The highest BCUT2D eigenvalue weighted by atomic mass is 19.4. The van der Waals surface area contributed by atoms with E-state index in [1.54, 1.807) is 30.4 Å². The molecule has 0 fully saturated rings. The first-order valence-corrected chi connectivity index (χ1v) is 5.49. The lowest BCUT2D eigenvalue weighted by molar-refractivity contribution is -0.139. The molecule has 0 heterocycles. The van der Waals surface area contributed by atoms with Gasteiger partial charge in [0.1, 0.15) is 12.3 Å². The van der Waals surface area contributed by atoms with Crippen LogP contribution in [0.2, 0.25) is 0 Å². The van der Waals surface area contributed by atoms with Crippen molar-refractivity contribution >= 4 is 5.91 Å². The summed E-state index contributed by atoms with van der Waals surface area (Å²) in [6, 6.07) is 5.02. The Morgan fingerprint density at radius 1 is 1.42 bits per heavy atom. The Balaban J connectivity index is 2.55. The van der Waals surface area contributed by atoms with Crippen molar-refractivity contribution < 1.29 is 27.8 Å². The quantitative estimate of drug-likeness (QED) is 0.858. The van der Waals surface area contributed by atoms with Gasteiger partial charge in [0.05, 0.1) is 6.61 Å². The van der Waals surface area contributed by atoms with Gasteiger partial charge in [-0.2, -0.15) is 13.2 Å². The lowest BCUT2D eigenvalue weighted by Crippen LogP contribution is -2.36. The van der Waals surface area contributed by atoms with E-state index in [0.29, 0.717) is 16.9 Å². The molecule has 0 aliphatic heterocycles. The molecule has 0 spiro atoms. The van der Waals surface area contributed by atoms with Gasteiger partial charge >= 0.3 is 6.18 Å². The molecule has 0 saturated carbocycles. The van der Waals surface area contributed by atoms with Crippen LogP contribution >= 0.6 is 0 Å². The molecule has 7 heteroatoms. The number of aliphatic hydroxyl groups excluding tert-OH is 1. The number of alkyl halides is 3. The highest BCUT2D eigenvalue weighted by Crippen LogP contribution is 2.23. The van der Waals surface area contributed by atoms with Gasteiger partial charge in [-0.05, 0) is 12.5 Å². The second-order valence-electron chi connectivity index (χ2n) is 3.90.